The highest BCUT2D eigenvalue weighted by atomic mass is 32.2. The molecule has 0 saturated heterocycles. The van der Waals surface area contributed by atoms with Crippen molar-refractivity contribution in [2.45, 2.75) is 32.6 Å². The average Bonchev–Trinajstić information content (AvgIpc) is 3.28. The van der Waals surface area contributed by atoms with Crippen LogP contribution in [0.1, 0.15) is 59.8 Å². The molecule has 0 atom stereocenters. The van der Waals surface area contributed by atoms with Crippen molar-refractivity contribution in [3.63, 3.8) is 0 Å². The van der Waals surface area contributed by atoms with Crippen LogP contribution in [0, 0.1) is 0 Å². The van der Waals surface area contributed by atoms with Gasteiger partial charge in [-0.15, -0.1) is 0 Å². The van der Waals surface area contributed by atoms with Crippen molar-refractivity contribution in [2.24, 2.45) is 9.54 Å². The largest absolute Gasteiger partial charge is 0.311 e. The topological polar surface area (TPSA) is 61.9 Å². The van der Waals surface area contributed by atoms with E-state index in [-0.39, 0.29) is 11.2 Å². The van der Waals surface area contributed by atoms with Crippen LogP contribution in [0.2, 0.25) is 0 Å². The Morgan fingerprint density at radius 2 is 0.898 bits per heavy atom. The van der Waals surface area contributed by atoms with E-state index in [1.165, 1.54) is 5.56 Å². The van der Waals surface area contributed by atoms with Gasteiger partial charge in [0, 0.05) is 57.2 Å². The minimum atomic E-state index is 0.0105. The molecule has 5 nitrogen and oxygen atoms in total. The second-order valence-electron chi connectivity index (χ2n) is 15.6. The van der Waals surface area contributed by atoms with Gasteiger partial charge in [-0.05, 0) is 113 Å². The highest BCUT2D eigenvalue weighted by Crippen LogP contribution is 2.39. The number of allylic oxidation sites excluding steroid dienone is 4. The molecular weight excluding hydrogens is 741 g/mol. The van der Waals surface area contributed by atoms with E-state index >= 15 is 0 Å². The highest BCUT2D eigenvalue weighted by Gasteiger charge is 2.21. The number of nitrogens with two attached hydrogens (primary N) is 1. The van der Waals surface area contributed by atoms with Gasteiger partial charge < -0.3 is 9.80 Å². The summed E-state index contributed by atoms with van der Waals surface area (Å²) < 4.78 is 4.71. The molecule has 8 rings (SSSR count). The number of anilines is 6. The summed E-state index contributed by atoms with van der Waals surface area (Å²) in [7, 11) is 0. The fourth-order valence-corrected chi connectivity index (χ4v) is 7.80. The highest BCUT2D eigenvalue weighted by molar-refractivity contribution is 7.95. The number of hydrogen-bond donors (Lipinski definition) is 1. The molecule has 0 bridgehead atoms. The smallest absolute Gasteiger partial charge is 0.193 e. The summed E-state index contributed by atoms with van der Waals surface area (Å²) >= 11 is 0.995. The van der Waals surface area contributed by atoms with Gasteiger partial charge in [-0.3, -0.25) is 9.93 Å². The first-order chi connectivity index (χ1) is 28.8. The lowest BCUT2D eigenvalue weighted by atomic mass is 9.86. The molecule has 7 aromatic rings. The van der Waals surface area contributed by atoms with Gasteiger partial charge in [0.25, 0.3) is 0 Å². The Balaban J connectivity index is 1.05. The minimum Gasteiger partial charge on any atom is -0.311 e. The second-order valence-corrected chi connectivity index (χ2v) is 16.0. The van der Waals surface area contributed by atoms with Crippen molar-refractivity contribution in [1.29, 1.82) is 0 Å². The lowest BCUT2D eigenvalue weighted by Crippen LogP contribution is -2.12. The molecule has 7 aromatic carbocycles. The molecule has 59 heavy (non-hydrogen) atoms. The number of benzene rings is 7. The zero-order chi connectivity index (χ0) is 40.8. The average molecular weight is 787 g/mol. The monoisotopic (exact) mass is 786 g/mol. The van der Waals surface area contributed by atoms with Gasteiger partial charge in [-0.1, -0.05) is 136 Å². The van der Waals surface area contributed by atoms with Crippen LogP contribution in [0.15, 0.2) is 205 Å². The summed E-state index contributed by atoms with van der Waals surface area (Å²) in [6.45, 7) is 6.53. The first-order valence-corrected chi connectivity index (χ1v) is 20.7. The summed E-state index contributed by atoms with van der Waals surface area (Å²) in [6, 6.07) is 64.3. The van der Waals surface area contributed by atoms with E-state index in [9.17, 15) is 4.79 Å². The quantitative estimate of drug-likeness (QED) is 0.105. The van der Waals surface area contributed by atoms with Crippen molar-refractivity contribution < 1.29 is 4.79 Å². The number of ketones is 1. The summed E-state index contributed by atoms with van der Waals surface area (Å²) in [5.74, 6) is 0.0105. The molecule has 2 N–H and O–H groups in total. The Bertz CT molecular complexity index is 2570. The van der Waals surface area contributed by atoms with E-state index < -0.39 is 0 Å². The van der Waals surface area contributed by atoms with Crippen LogP contribution in [-0.4, -0.2) is 11.5 Å². The molecule has 0 heterocycles. The molecule has 0 spiro atoms. The van der Waals surface area contributed by atoms with Gasteiger partial charge in [0.2, 0.25) is 0 Å². The number of carbonyl (C=O) groups is 1. The Morgan fingerprint density at radius 3 is 1.32 bits per heavy atom. The number of carbonyl (C=O) groups excluding carboxylic acids is 1. The van der Waals surface area contributed by atoms with Gasteiger partial charge in [-0.2, -0.15) is 0 Å². The van der Waals surface area contributed by atoms with Crippen molar-refractivity contribution in [1.82, 2.24) is 0 Å². The van der Waals surface area contributed by atoms with Gasteiger partial charge >= 0.3 is 0 Å². The molecule has 0 aliphatic heterocycles. The molecule has 0 fully saturated rings. The fourth-order valence-electron chi connectivity index (χ4n) is 7.51. The number of nitrogens with zero attached hydrogens (tertiary/aromatic N) is 3. The molecule has 0 radical (unpaired) electrons. The van der Waals surface area contributed by atoms with E-state index in [1.807, 2.05) is 66.7 Å². The lowest BCUT2D eigenvalue weighted by Gasteiger charge is -2.26. The Morgan fingerprint density at radius 1 is 0.508 bits per heavy atom. The molecule has 0 saturated carbocycles. The van der Waals surface area contributed by atoms with Crippen molar-refractivity contribution in [2.75, 3.05) is 9.80 Å². The van der Waals surface area contributed by atoms with Crippen LogP contribution in [0.25, 0.3) is 11.1 Å². The van der Waals surface area contributed by atoms with Crippen LogP contribution in [0.4, 0.5) is 34.1 Å². The lowest BCUT2D eigenvalue weighted by molar-refractivity contribution is 0.103. The third-order valence-corrected chi connectivity index (χ3v) is 11.0. The molecule has 0 amide bonds. The van der Waals surface area contributed by atoms with E-state index in [0.29, 0.717) is 17.5 Å². The van der Waals surface area contributed by atoms with E-state index in [1.54, 1.807) is 0 Å². The SMILES string of the molecule is CC(C)(C)c1ccc(C(=O)c2ccc(N(c3ccccc3)c3ccc(C4=CC=C(c5ccc(N(c6ccccc6)c6ccccc6)cc5)/C(=N/SN)C4)cc3)cc2)cc1. The van der Waals surface area contributed by atoms with Gasteiger partial charge in [0.1, 0.15) is 0 Å². The van der Waals surface area contributed by atoms with Crippen LogP contribution in [0.3, 0.4) is 0 Å². The van der Waals surface area contributed by atoms with Crippen molar-refractivity contribution in [3.8, 4) is 0 Å². The molecule has 1 aliphatic carbocycles. The molecule has 6 heteroatoms. The van der Waals surface area contributed by atoms with E-state index in [2.05, 4.69) is 164 Å². The molecule has 0 aromatic heterocycles. The standard InChI is InChI=1S/C53H46N4OS/c1-53(2,3)43-28-19-40(20-29-43)52(58)41-25-34-49(35-26-41)57(46-17-11-6-12-18-46)47-30-21-38(22-31-47)42-27-36-50(51(37-42)55-59-54)39-23-32-48(33-24-39)56(44-13-7-4-8-14-44)45-15-9-5-10-16-45/h4-36H,37,54H2,1-3H3/b55-51+. The molecule has 290 valence electrons. The first-order valence-electron chi connectivity index (χ1n) is 19.8. The number of rotatable bonds is 11. The van der Waals surface area contributed by atoms with Crippen LogP contribution < -0.4 is 14.9 Å². The molecule has 0 unspecified atom stereocenters. The summed E-state index contributed by atoms with van der Waals surface area (Å²) in [5.41, 5.74) is 14.2. The number of para-hydroxylation sites is 3. The van der Waals surface area contributed by atoms with Crippen molar-refractivity contribution in [3.05, 3.63) is 228 Å². The predicted octanol–water partition coefficient (Wildman–Crippen LogP) is 14.0. The number of hydrogen-bond acceptors (Lipinski definition) is 6. The van der Waals surface area contributed by atoms with Crippen LogP contribution >= 0.6 is 12.1 Å². The van der Waals surface area contributed by atoms with E-state index in [0.717, 1.165) is 74.2 Å². The van der Waals surface area contributed by atoms with Gasteiger partial charge in [0.15, 0.2) is 5.78 Å². The molecule has 1 aliphatic rings. The Hall–Kier alpha value is -6.73. The van der Waals surface area contributed by atoms with Crippen LogP contribution in [0.5, 0.6) is 0 Å². The minimum absolute atomic E-state index is 0.0105. The zero-order valence-electron chi connectivity index (χ0n) is 33.5. The summed E-state index contributed by atoms with van der Waals surface area (Å²) in [6.07, 6.45) is 5.00. The maximum atomic E-state index is 13.5. The van der Waals surface area contributed by atoms with Crippen LogP contribution in [-0.2, 0) is 5.41 Å². The van der Waals surface area contributed by atoms with Gasteiger partial charge in [0.05, 0.1) is 17.8 Å². The molecular formula is C53H46N4OS. The zero-order valence-corrected chi connectivity index (χ0v) is 34.3. The Labute approximate surface area is 352 Å². The third kappa shape index (κ3) is 8.75. The van der Waals surface area contributed by atoms with Gasteiger partial charge in [-0.25, -0.2) is 4.40 Å². The van der Waals surface area contributed by atoms with Crippen molar-refractivity contribution >= 4 is 68.9 Å². The maximum Gasteiger partial charge on any atom is 0.193 e. The van der Waals surface area contributed by atoms with E-state index in [4.69, 9.17) is 9.54 Å². The third-order valence-electron chi connectivity index (χ3n) is 10.7. The predicted molar refractivity (Wildman–Crippen MR) is 251 cm³/mol. The maximum absolute atomic E-state index is 13.5. The summed E-state index contributed by atoms with van der Waals surface area (Å²) in [4.78, 5) is 17.9. The summed E-state index contributed by atoms with van der Waals surface area (Å²) in [5, 5.41) is 5.97. The first kappa shape index (κ1) is 39.1. The normalized spacial score (nSPS) is 13.4. The Kier molecular flexibility index (Phi) is 11.5. The fraction of sp³-hybridized carbons (Fsp3) is 0.0943. The second kappa shape index (κ2) is 17.4.